The fourth-order valence-corrected chi connectivity index (χ4v) is 1.28. The number of carbonyl (C=O) groups excluding carboxylic acids is 1. The van der Waals surface area contributed by atoms with Crippen molar-refractivity contribution in [3.05, 3.63) is 38.9 Å². The van der Waals surface area contributed by atoms with Crippen LogP contribution in [0.25, 0.3) is 0 Å². The summed E-state index contributed by atoms with van der Waals surface area (Å²) >= 11 is 5.64. The summed E-state index contributed by atoms with van der Waals surface area (Å²) in [5, 5.41) is 12.8. The first-order chi connectivity index (χ1) is 7.56. The van der Waals surface area contributed by atoms with E-state index >= 15 is 0 Å². The van der Waals surface area contributed by atoms with Gasteiger partial charge in [0.1, 0.15) is 5.02 Å². The van der Waals surface area contributed by atoms with Gasteiger partial charge in [0.25, 0.3) is 11.6 Å². The summed E-state index contributed by atoms with van der Waals surface area (Å²) in [6.45, 7) is 0.0907. The molecule has 1 amide bonds. The fraction of sp³-hybridized carbons (Fsp3) is 0.100. The van der Waals surface area contributed by atoms with Gasteiger partial charge < -0.3 is 5.32 Å². The minimum absolute atomic E-state index is 0.0849. The second-order valence-electron chi connectivity index (χ2n) is 2.81. The summed E-state index contributed by atoms with van der Waals surface area (Å²) in [5.41, 5.74) is -0.0129. The fourth-order valence-electron chi connectivity index (χ4n) is 1.03. The molecule has 0 fully saturated rings. The Bertz CT molecular complexity index is 479. The molecule has 0 radical (unpaired) electrons. The van der Waals surface area contributed by atoms with E-state index < -0.39 is 10.8 Å². The number of carbonyl (C=O) groups is 1. The minimum atomic E-state index is -0.620. The molecule has 0 saturated carbocycles. The molecule has 1 aromatic rings. The van der Waals surface area contributed by atoms with Crippen LogP contribution in [-0.4, -0.2) is 17.4 Å². The third kappa shape index (κ3) is 2.72. The van der Waals surface area contributed by atoms with Crippen molar-refractivity contribution in [3.63, 3.8) is 0 Å². The maximum absolute atomic E-state index is 11.4. The SMILES string of the molecule is C#CCNC(=O)c1ccc([N+](=O)[O-])c(Cl)c1. The monoisotopic (exact) mass is 238 g/mol. The molecule has 1 rings (SSSR count). The number of hydrogen-bond donors (Lipinski definition) is 1. The van der Waals surface area contributed by atoms with Gasteiger partial charge in [0, 0.05) is 11.6 Å². The van der Waals surface area contributed by atoms with E-state index in [4.69, 9.17) is 18.0 Å². The Labute approximate surface area is 96.6 Å². The third-order valence-corrected chi connectivity index (χ3v) is 2.06. The summed E-state index contributed by atoms with van der Waals surface area (Å²) in [7, 11) is 0. The Balaban J connectivity index is 2.93. The predicted molar refractivity (Wildman–Crippen MR) is 59.3 cm³/mol. The zero-order chi connectivity index (χ0) is 12.1. The average Bonchev–Trinajstić information content (AvgIpc) is 2.25. The third-order valence-electron chi connectivity index (χ3n) is 1.76. The summed E-state index contributed by atoms with van der Waals surface area (Å²) in [5.74, 6) is 1.82. The number of halogens is 1. The first kappa shape index (κ1) is 12.0. The van der Waals surface area contributed by atoms with Crippen LogP contribution in [0.2, 0.25) is 5.02 Å². The van der Waals surface area contributed by atoms with E-state index in [0.717, 1.165) is 0 Å². The summed E-state index contributed by atoms with van der Waals surface area (Å²) in [6, 6.07) is 3.72. The highest BCUT2D eigenvalue weighted by Gasteiger charge is 2.14. The molecule has 0 unspecified atom stereocenters. The van der Waals surface area contributed by atoms with Gasteiger partial charge in [-0.3, -0.25) is 14.9 Å². The van der Waals surface area contributed by atoms with Crippen molar-refractivity contribution in [2.24, 2.45) is 0 Å². The predicted octanol–water partition coefficient (Wildman–Crippen LogP) is 1.61. The smallest absolute Gasteiger partial charge is 0.287 e. The first-order valence-electron chi connectivity index (χ1n) is 4.22. The lowest BCUT2D eigenvalue weighted by molar-refractivity contribution is -0.384. The van der Waals surface area contributed by atoms with E-state index in [9.17, 15) is 14.9 Å². The number of hydrogen-bond acceptors (Lipinski definition) is 3. The van der Waals surface area contributed by atoms with Gasteiger partial charge in [-0.15, -0.1) is 6.42 Å². The number of amides is 1. The maximum atomic E-state index is 11.4. The van der Waals surface area contributed by atoms with Crippen LogP contribution >= 0.6 is 11.6 Å². The van der Waals surface area contributed by atoms with Gasteiger partial charge in [0.05, 0.1) is 11.5 Å². The highest BCUT2D eigenvalue weighted by Crippen LogP contribution is 2.24. The van der Waals surface area contributed by atoms with Crippen molar-refractivity contribution in [3.8, 4) is 12.3 Å². The van der Waals surface area contributed by atoms with E-state index in [1.807, 2.05) is 0 Å². The standard InChI is InChI=1S/C10H7ClN2O3/c1-2-5-12-10(14)7-3-4-9(13(15)16)8(11)6-7/h1,3-4,6H,5H2,(H,12,14). The molecule has 5 nitrogen and oxygen atoms in total. The molecular weight excluding hydrogens is 232 g/mol. The molecule has 82 valence electrons. The van der Waals surface area contributed by atoms with E-state index in [-0.39, 0.29) is 22.8 Å². The van der Waals surface area contributed by atoms with Crippen molar-refractivity contribution < 1.29 is 9.72 Å². The number of nitrogens with zero attached hydrogens (tertiary/aromatic N) is 1. The normalized spacial score (nSPS) is 9.25. The molecule has 1 N–H and O–H groups in total. The molecule has 0 aromatic heterocycles. The number of benzene rings is 1. The summed E-state index contributed by atoms with van der Waals surface area (Å²) < 4.78 is 0. The van der Waals surface area contributed by atoms with Crippen molar-refractivity contribution in [2.45, 2.75) is 0 Å². The highest BCUT2D eigenvalue weighted by atomic mass is 35.5. The number of terminal acetylenes is 1. The van der Waals surface area contributed by atoms with Crippen LogP contribution in [0.3, 0.4) is 0 Å². The highest BCUT2D eigenvalue weighted by molar-refractivity contribution is 6.33. The lowest BCUT2D eigenvalue weighted by atomic mass is 10.2. The molecule has 0 aliphatic heterocycles. The molecule has 6 heteroatoms. The Morgan fingerprint density at radius 1 is 1.62 bits per heavy atom. The van der Waals surface area contributed by atoms with Gasteiger partial charge in [0.2, 0.25) is 0 Å². The summed E-state index contributed by atoms with van der Waals surface area (Å²) in [4.78, 5) is 21.3. The molecule has 0 heterocycles. The summed E-state index contributed by atoms with van der Waals surface area (Å²) in [6.07, 6.45) is 4.97. The van der Waals surface area contributed by atoms with Crippen LogP contribution in [0.15, 0.2) is 18.2 Å². The van der Waals surface area contributed by atoms with Crippen LogP contribution in [0.1, 0.15) is 10.4 Å². The van der Waals surface area contributed by atoms with Gasteiger partial charge in [-0.1, -0.05) is 17.5 Å². The quantitative estimate of drug-likeness (QED) is 0.494. The molecule has 1 aromatic carbocycles. The number of nitro benzene ring substituents is 1. The Morgan fingerprint density at radius 2 is 2.31 bits per heavy atom. The van der Waals surface area contributed by atoms with Crippen LogP contribution < -0.4 is 5.32 Å². The van der Waals surface area contributed by atoms with Crippen molar-refractivity contribution >= 4 is 23.2 Å². The molecule has 0 atom stereocenters. The molecule has 0 bridgehead atoms. The van der Waals surface area contributed by atoms with Gasteiger partial charge in [-0.05, 0) is 12.1 Å². The van der Waals surface area contributed by atoms with Crippen LogP contribution in [-0.2, 0) is 0 Å². The second-order valence-corrected chi connectivity index (χ2v) is 3.22. The minimum Gasteiger partial charge on any atom is -0.341 e. The Kier molecular flexibility index (Phi) is 3.86. The number of nitrogens with one attached hydrogen (secondary N) is 1. The van der Waals surface area contributed by atoms with E-state index in [2.05, 4.69) is 11.2 Å². The van der Waals surface area contributed by atoms with E-state index in [1.54, 1.807) is 0 Å². The molecule has 0 spiro atoms. The maximum Gasteiger partial charge on any atom is 0.287 e. The van der Waals surface area contributed by atoms with E-state index in [1.165, 1.54) is 18.2 Å². The second kappa shape index (κ2) is 5.14. The van der Waals surface area contributed by atoms with Crippen molar-refractivity contribution in [2.75, 3.05) is 6.54 Å². The first-order valence-corrected chi connectivity index (χ1v) is 4.59. The van der Waals surface area contributed by atoms with E-state index in [0.29, 0.717) is 0 Å². The Morgan fingerprint density at radius 3 is 2.81 bits per heavy atom. The zero-order valence-electron chi connectivity index (χ0n) is 8.07. The van der Waals surface area contributed by atoms with Crippen LogP contribution in [0.5, 0.6) is 0 Å². The number of rotatable bonds is 3. The average molecular weight is 239 g/mol. The molecule has 0 saturated heterocycles. The van der Waals surface area contributed by atoms with Crippen molar-refractivity contribution in [1.82, 2.24) is 5.32 Å². The van der Waals surface area contributed by atoms with Gasteiger partial charge >= 0.3 is 0 Å². The molecule has 0 aliphatic carbocycles. The molecule has 0 aliphatic rings. The van der Waals surface area contributed by atoms with Gasteiger partial charge in [-0.25, -0.2) is 0 Å². The molecular formula is C10H7ClN2O3. The lowest BCUT2D eigenvalue weighted by Gasteiger charge is -2.02. The van der Waals surface area contributed by atoms with Crippen LogP contribution in [0, 0.1) is 22.5 Å². The topological polar surface area (TPSA) is 72.2 Å². The van der Waals surface area contributed by atoms with Gasteiger partial charge in [-0.2, -0.15) is 0 Å². The lowest BCUT2D eigenvalue weighted by Crippen LogP contribution is -2.23. The van der Waals surface area contributed by atoms with Gasteiger partial charge in [0.15, 0.2) is 0 Å². The molecule has 16 heavy (non-hydrogen) atoms. The largest absolute Gasteiger partial charge is 0.341 e. The Hall–Kier alpha value is -2.06. The number of nitro groups is 1. The van der Waals surface area contributed by atoms with Crippen molar-refractivity contribution in [1.29, 1.82) is 0 Å². The zero-order valence-corrected chi connectivity index (χ0v) is 8.82. The van der Waals surface area contributed by atoms with Crippen LogP contribution in [0.4, 0.5) is 5.69 Å².